The summed E-state index contributed by atoms with van der Waals surface area (Å²) in [6.07, 6.45) is 0. The molecular weight excluding hydrogens is 344 g/mol. The van der Waals surface area contributed by atoms with E-state index in [1.165, 1.54) is 0 Å². The first kappa shape index (κ1) is 20.6. The fourth-order valence-corrected chi connectivity index (χ4v) is 2.71. The lowest BCUT2D eigenvalue weighted by molar-refractivity contribution is -0.117. The number of ether oxygens (including phenoxy) is 3. The van der Waals surface area contributed by atoms with Gasteiger partial charge < -0.3 is 19.5 Å². The Kier molecular flexibility index (Phi) is 7.95. The highest BCUT2D eigenvalue weighted by Gasteiger charge is 2.11. The highest BCUT2D eigenvalue weighted by atomic mass is 16.5. The van der Waals surface area contributed by atoms with Gasteiger partial charge in [0, 0.05) is 18.3 Å². The van der Waals surface area contributed by atoms with E-state index in [2.05, 4.69) is 5.32 Å². The summed E-state index contributed by atoms with van der Waals surface area (Å²) in [5, 5.41) is 2.91. The second-order valence-electron chi connectivity index (χ2n) is 6.10. The van der Waals surface area contributed by atoms with Gasteiger partial charge in [0.05, 0.1) is 26.9 Å². The molecule has 0 spiro atoms. The standard InChI is InChI=1S/C21H28N2O4/c1-5-26-19-11-10-17(13-20(19)27-6-2)22-21(24)15-23(3)14-16-8-7-9-18(12-16)25-4/h7-13H,5-6,14-15H2,1-4H3,(H,22,24). The van der Waals surface area contributed by atoms with E-state index in [1.807, 2.05) is 62.2 Å². The first-order valence-electron chi connectivity index (χ1n) is 9.06. The van der Waals surface area contributed by atoms with Crippen LogP contribution in [-0.4, -0.2) is 44.7 Å². The number of benzene rings is 2. The van der Waals surface area contributed by atoms with Crippen molar-refractivity contribution in [3.8, 4) is 17.2 Å². The van der Waals surface area contributed by atoms with Gasteiger partial charge in [0.2, 0.25) is 5.91 Å². The summed E-state index contributed by atoms with van der Waals surface area (Å²) >= 11 is 0. The van der Waals surface area contributed by atoms with Crippen molar-refractivity contribution >= 4 is 11.6 Å². The summed E-state index contributed by atoms with van der Waals surface area (Å²) in [5.41, 5.74) is 1.77. The highest BCUT2D eigenvalue weighted by Crippen LogP contribution is 2.30. The zero-order chi connectivity index (χ0) is 19.6. The average Bonchev–Trinajstić information content (AvgIpc) is 2.64. The minimum Gasteiger partial charge on any atom is -0.497 e. The largest absolute Gasteiger partial charge is 0.497 e. The average molecular weight is 372 g/mol. The molecular formula is C21H28N2O4. The van der Waals surface area contributed by atoms with E-state index in [-0.39, 0.29) is 12.5 Å². The van der Waals surface area contributed by atoms with Crippen molar-refractivity contribution < 1.29 is 19.0 Å². The summed E-state index contributed by atoms with van der Waals surface area (Å²) in [5.74, 6) is 2.02. The molecule has 0 saturated heterocycles. The third-order valence-corrected chi connectivity index (χ3v) is 3.83. The lowest BCUT2D eigenvalue weighted by atomic mass is 10.2. The molecule has 146 valence electrons. The maximum atomic E-state index is 12.4. The Labute approximate surface area is 161 Å². The topological polar surface area (TPSA) is 60.0 Å². The van der Waals surface area contributed by atoms with E-state index in [1.54, 1.807) is 13.2 Å². The third kappa shape index (κ3) is 6.49. The maximum Gasteiger partial charge on any atom is 0.238 e. The van der Waals surface area contributed by atoms with Gasteiger partial charge in [-0.3, -0.25) is 9.69 Å². The molecule has 0 atom stereocenters. The number of anilines is 1. The zero-order valence-electron chi connectivity index (χ0n) is 16.5. The number of nitrogens with zero attached hydrogens (tertiary/aromatic N) is 1. The van der Waals surface area contributed by atoms with Crippen molar-refractivity contribution in [3.63, 3.8) is 0 Å². The molecule has 0 unspecified atom stereocenters. The van der Waals surface area contributed by atoms with Gasteiger partial charge in [-0.25, -0.2) is 0 Å². The van der Waals surface area contributed by atoms with Crippen LogP contribution in [-0.2, 0) is 11.3 Å². The number of amides is 1. The molecule has 2 aromatic carbocycles. The fourth-order valence-electron chi connectivity index (χ4n) is 2.71. The molecule has 0 fully saturated rings. The van der Waals surface area contributed by atoms with E-state index in [0.29, 0.717) is 36.9 Å². The van der Waals surface area contributed by atoms with Crippen LogP contribution in [0.5, 0.6) is 17.2 Å². The highest BCUT2D eigenvalue weighted by molar-refractivity contribution is 5.92. The third-order valence-electron chi connectivity index (χ3n) is 3.83. The number of nitrogens with one attached hydrogen (secondary N) is 1. The van der Waals surface area contributed by atoms with Crippen molar-refractivity contribution in [1.82, 2.24) is 4.90 Å². The van der Waals surface area contributed by atoms with E-state index >= 15 is 0 Å². The lowest BCUT2D eigenvalue weighted by Gasteiger charge is -2.17. The van der Waals surface area contributed by atoms with E-state index in [0.717, 1.165) is 11.3 Å². The summed E-state index contributed by atoms with van der Waals surface area (Å²) < 4.78 is 16.4. The molecule has 0 radical (unpaired) electrons. The van der Waals surface area contributed by atoms with Crippen LogP contribution in [0.15, 0.2) is 42.5 Å². The summed E-state index contributed by atoms with van der Waals surface area (Å²) in [7, 11) is 3.55. The van der Waals surface area contributed by atoms with Gasteiger partial charge in [0.1, 0.15) is 5.75 Å². The molecule has 0 aromatic heterocycles. The zero-order valence-corrected chi connectivity index (χ0v) is 16.5. The Balaban J connectivity index is 1.94. The number of methoxy groups -OCH3 is 1. The normalized spacial score (nSPS) is 10.6. The van der Waals surface area contributed by atoms with Crippen LogP contribution in [0.4, 0.5) is 5.69 Å². The first-order valence-corrected chi connectivity index (χ1v) is 9.06. The minimum atomic E-state index is -0.0907. The molecule has 0 aliphatic carbocycles. The van der Waals surface area contributed by atoms with Gasteiger partial charge in [-0.15, -0.1) is 0 Å². The van der Waals surface area contributed by atoms with Crippen molar-refractivity contribution in [2.75, 3.05) is 39.2 Å². The van der Waals surface area contributed by atoms with Crippen LogP contribution in [0, 0.1) is 0 Å². The van der Waals surface area contributed by atoms with Crippen molar-refractivity contribution in [3.05, 3.63) is 48.0 Å². The Morgan fingerprint density at radius 3 is 2.48 bits per heavy atom. The quantitative estimate of drug-likeness (QED) is 0.691. The van der Waals surface area contributed by atoms with E-state index < -0.39 is 0 Å². The summed E-state index contributed by atoms with van der Waals surface area (Å²) in [6.45, 7) is 5.84. The summed E-state index contributed by atoms with van der Waals surface area (Å²) in [4.78, 5) is 14.3. The number of carbonyl (C=O) groups excluding carboxylic acids is 1. The monoisotopic (exact) mass is 372 g/mol. The second kappa shape index (κ2) is 10.4. The van der Waals surface area contributed by atoms with Crippen molar-refractivity contribution in [2.45, 2.75) is 20.4 Å². The molecule has 0 saturated carbocycles. The smallest absolute Gasteiger partial charge is 0.238 e. The molecule has 0 bridgehead atoms. The Bertz CT molecular complexity index is 749. The van der Waals surface area contributed by atoms with Crippen molar-refractivity contribution in [1.29, 1.82) is 0 Å². The Morgan fingerprint density at radius 1 is 1.04 bits per heavy atom. The molecule has 6 heteroatoms. The van der Waals surface area contributed by atoms with Gasteiger partial charge in [-0.05, 0) is 50.7 Å². The van der Waals surface area contributed by atoms with Crippen LogP contribution in [0.25, 0.3) is 0 Å². The molecule has 1 N–H and O–H groups in total. The van der Waals surface area contributed by atoms with Gasteiger partial charge in [-0.1, -0.05) is 12.1 Å². The van der Waals surface area contributed by atoms with Gasteiger partial charge in [-0.2, -0.15) is 0 Å². The van der Waals surface area contributed by atoms with Crippen molar-refractivity contribution in [2.24, 2.45) is 0 Å². The molecule has 2 aromatic rings. The maximum absolute atomic E-state index is 12.4. The minimum absolute atomic E-state index is 0.0907. The predicted molar refractivity (Wildman–Crippen MR) is 107 cm³/mol. The molecule has 6 nitrogen and oxygen atoms in total. The fraction of sp³-hybridized carbons (Fsp3) is 0.381. The number of rotatable bonds is 10. The number of likely N-dealkylation sites (N-methyl/N-ethyl adjacent to an activating group) is 1. The van der Waals surface area contributed by atoms with Crippen LogP contribution in [0.2, 0.25) is 0 Å². The molecule has 0 aliphatic rings. The molecule has 0 heterocycles. The Hall–Kier alpha value is -2.73. The molecule has 1 amide bonds. The number of carbonyl (C=O) groups is 1. The van der Waals surface area contributed by atoms with Crippen LogP contribution < -0.4 is 19.5 Å². The van der Waals surface area contributed by atoms with Crippen LogP contribution in [0.1, 0.15) is 19.4 Å². The number of hydrogen-bond donors (Lipinski definition) is 1. The first-order chi connectivity index (χ1) is 13.0. The van der Waals surface area contributed by atoms with Crippen LogP contribution >= 0.6 is 0 Å². The molecule has 2 rings (SSSR count). The molecule has 0 aliphatic heterocycles. The predicted octanol–water partition coefficient (Wildman–Crippen LogP) is 3.56. The van der Waals surface area contributed by atoms with Gasteiger partial charge in [0.15, 0.2) is 11.5 Å². The number of hydrogen-bond acceptors (Lipinski definition) is 5. The lowest BCUT2D eigenvalue weighted by Crippen LogP contribution is -2.29. The Morgan fingerprint density at radius 2 is 1.78 bits per heavy atom. The van der Waals surface area contributed by atoms with Gasteiger partial charge in [0.25, 0.3) is 0 Å². The molecule has 27 heavy (non-hydrogen) atoms. The summed E-state index contributed by atoms with van der Waals surface area (Å²) in [6, 6.07) is 13.2. The van der Waals surface area contributed by atoms with E-state index in [4.69, 9.17) is 14.2 Å². The van der Waals surface area contributed by atoms with E-state index in [9.17, 15) is 4.79 Å². The van der Waals surface area contributed by atoms with Crippen LogP contribution in [0.3, 0.4) is 0 Å². The van der Waals surface area contributed by atoms with Gasteiger partial charge >= 0.3 is 0 Å². The second-order valence-corrected chi connectivity index (χ2v) is 6.10. The SMILES string of the molecule is CCOc1ccc(NC(=O)CN(C)Cc2cccc(OC)c2)cc1OCC.